The third-order valence-electron chi connectivity index (χ3n) is 1.79. The summed E-state index contributed by atoms with van der Waals surface area (Å²) in [6.45, 7) is 2.18. The Labute approximate surface area is 83.0 Å². The van der Waals surface area contributed by atoms with Crippen molar-refractivity contribution in [2.24, 2.45) is 0 Å². The second-order valence-corrected chi connectivity index (χ2v) is 3.13. The Balaban J connectivity index is 2.36. The molecule has 0 radical (unpaired) electrons. The number of amides is 1. The summed E-state index contributed by atoms with van der Waals surface area (Å²) >= 11 is 0. The Bertz CT molecular complexity index is 285. The third-order valence-corrected chi connectivity index (χ3v) is 1.79. The van der Waals surface area contributed by atoms with E-state index in [1.54, 1.807) is 31.5 Å². The van der Waals surface area contributed by atoms with Crippen LogP contribution in [-0.4, -0.2) is 28.6 Å². The van der Waals surface area contributed by atoms with Crippen molar-refractivity contribution in [3.63, 3.8) is 0 Å². The van der Waals surface area contributed by atoms with E-state index in [4.69, 9.17) is 5.11 Å². The maximum Gasteiger partial charge on any atom is 0.251 e. The Morgan fingerprint density at radius 3 is 2.79 bits per heavy atom. The van der Waals surface area contributed by atoms with Gasteiger partial charge in [0.25, 0.3) is 5.91 Å². The Hall–Kier alpha value is -1.42. The molecule has 0 fully saturated rings. The van der Waals surface area contributed by atoms with Crippen LogP contribution >= 0.6 is 0 Å². The fraction of sp³-hybridized carbons (Fsp3) is 0.400. The maximum atomic E-state index is 11.4. The minimum atomic E-state index is -0.382. The first-order valence-electron chi connectivity index (χ1n) is 4.56. The highest BCUT2D eigenvalue weighted by Crippen LogP contribution is 1.95. The van der Waals surface area contributed by atoms with Crippen LogP contribution in [0, 0.1) is 0 Å². The summed E-state index contributed by atoms with van der Waals surface area (Å²) in [6, 6.07) is 3.30. The van der Waals surface area contributed by atoms with Crippen LogP contribution in [0.1, 0.15) is 23.7 Å². The molecule has 1 unspecified atom stereocenters. The highest BCUT2D eigenvalue weighted by Gasteiger charge is 2.03. The van der Waals surface area contributed by atoms with Gasteiger partial charge in [-0.2, -0.15) is 0 Å². The predicted molar refractivity (Wildman–Crippen MR) is 52.9 cm³/mol. The molecule has 0 aliphatic rings. The first kappa shape index (κ1) is 10.7. The third kappa shape index (κ3) is 3.53. The molecule has 0 aliphatic heterocycles. The molecule has 1 rings (SSSR count). The molecule has 0 aromatic carbocycles. The number of hydrogen-bond donors (Lipinski definition) is 2. The van der Waals surface area contributed by atoms with E-state index in [1.807, 2.05) is 0 Å². The molecule has 0 bridgehead atoms. The Morgan fingerprint density at radius 2 is 2.21 bits per heavy atom. The second kappa shape index (κ2) is 5.34. The minimum Gasteiger partial charge on any atom is -0.393 e. The zero-order chi connectivity index (χ0) is 10.4. The number of aliphatic hydroxyl groups is 1. The molecule has 2 N–H and O–H groups in total. The van der Waals surface area contributed by atoms with E-state index in [-0.39, 0.29) is 12.0 Å². The molecule has 1 aromatic heterocycles. The van der Waals surface area contributed by atoms with Crippen molar-refractivity contribution in [2.75, 3.05) is 6.54 Å². The molecule has 1 aromatic rings. The van der Waals surface area contributed by atoms with Gasteiger partial charge in [-0.15, -0.1) is 0 Å². The van der Waals surface area contributed by atoms with Crippen molar-refractivity contribution in [3.8, 4) is 0 Å². The first-order chi connectivity index (χ1) is 6.70. The molecule has 0 saturated carbocycles. The summed E-state index contributed by atoms with van der Waals surface area (Å²) in [4.78, 5) is 15.2. The van der Waals surface area contributed by atoms with E-state index in [9.17, 15) is 4.79 Å². The largest absolute Gasteiger partial charge is 0.393 e. The Morgan fingerprint density at radius 1 is 1.57 bits per heavy atom. The zero-order valence-electron chi connectivity index (χ0n) is 8.10. The van der Waals surface area contributed by atoms with Gasteiger partial charge in [-0.1, -0.05) is 0 Å². The molecule has 0 aliphatic carbocycles. The van der Waals surface area contributed by atoms with Crippen LogP contribution in [0.3, 0.4) is 0 Å². The van der Waals surface area contributed by atoms with Crippen LogP contribution in [0.5, 0.6) is 0 Å². The SMILES string of the molecule is CC(O)CCNC(=O)c1ccncc1. The zero-order valence-corrected chi connectivity index (χ0v) is 8.10. The molecule has 4 heteroatoms. The minimum absolute atomic E-state index is 0.131. The van der Waals surface area contributed by atoms with Gasteiger partial charge >= 0.3 is 0 Å². The number of aliphatic hydroxyl groups excluding tert-OH is 1. The summed E-state index contributed by atoms with van der Waals surface area (Å²) in [5.74, 6) is -0.131. The highest BCUT2D eigenvalue weighted by atomic mass is 16.3. The number of nitrogens with one attached hydrogen (secondary N) is 1. The predicted octanol–water partition coefficient (Wildman–Crippen LogP) is 0.582. The molecule has 14 heavy (non-hydrogen) atoms. The van der Waals surface area contributed by atoms with E-state index in [0.717, 1.165) is 0 Å². The lowest BCUT2D eigenvalue weighted by Crippen LogP contribution is -2.26. The molecule has 0 spiro atoms. The number of hydrogen-bond acceptors (Lipinski definition) is 3. The summed E-state index contributed by atoms with van der Waals surface area (Å²) in [5.41, 5.74) is 0.589. The summed E-state index contributed by atoms with van der Waals surface area (Å²) in [5, 5.41) is 11.7. The molecular formula is C10H14N2O2. The smallest absolute Gasteiger partial charge is 0.251 e. The second-order valence-electron chi connectivity index (χ2n) is 3.13. The van der Waals surface area contributed by atoms with Gasteiger partial charge in [0.2, 0.25) is 0 Å². The van der Waals surface area contributed by atoms with Crippen molar-refractivity contribution < 1.29 is 9.90 Å². The average molecular weight is 194 g/mol. The van der Waals surface area contributed by atoms with Crippen LogP contribution in [0.2, 0.25) is 0 Å². The van der Waals surface area contributed by atoms with Crippen LogP contribution < -0.4 is 5.32 Å². The van der Waals surface area contributed by atoms with Crippen LogP contribution in [0.25, 0.3) is 0 Å². The molecular weight excluding hydrogens is 180 g/mol. The van der Waals surface area contributed by atoms with E-state index in [2.05, 4.69) is 10.3 Å². The van der Waals surface area contributed by atoms with Gasteiger partial charge in [-0.3, -0.25) is 9.78 Å². The summed E-state index contributed by atoms with van der Waals surface area (Å²) in [7, 11) is 0. The topological polar surface area (TPSA) is 62.2 Å². The van der Waals surface area contributed by atoms with Gasteiger partial charge in [0, 0.05) is 24.5 Å². The number of pyridine rings is 1. The lowest BCUT2D eigenvalue weighted by molar-refractivity contribution is 0.0945. The van der Waals surface area contributed by atoms with Crippen LogP contribution in [-0.2, 0) is 0 Å². The van der Waals surface area contributed by atoms with E-state index in [1.165, 1.54) is 0 Å². The van der Waals surface area contributed by atoms with Crippen LogP contribution in [0.4, 0.5) is 0 Å². The monoisotopic (exact) mass is 194 g/mol. The van der Waals surface area contributed by atoms with Crippen molar-refractivity contribution >= 4 is 5.91 Å². The standard InChI is InChI=1S/C10H14N2O2/c1-8(13)2-7-12-10(14)9-3-5-11-6-4-9/h3-6,8,13H,2,7H2,1H3,(H,12,14). The van der Waals surface area contributed by atoms with Gasteiger partial charge < -0.3 is 10.4 Å². The molecule has 76 valence electrons. The molecule has 1 amide bonds. The van der Waals surface area contributed by atoms with E-state index < -0.39 is 0 Å². The van der Waals surface area contributed by atoms with E-state index >= 15 is 0 Å². The molecule has 0 saturated heterocycles. The summed E-state index contributed by atoms with van der Waals surface area (Å²) < 4.78 is 0. The molecule has 4 nitrogen and oxygen atoms in total. The van der Waals surface area contributed by atoms with Gasteiger partial charge in [0.1, 0.15) is 0 Å². The van der Waals surface area contributed by atoms with Crippen molar-refractivity contribution in [1.82, 2.24) is 10.3 Å². The normalized spacial score (nSPS) is 12.1. The van der Waals surface area contributed by atoms with Crippen molar-refractivity contribution in [2.45, 2.75) is 19.4 Å². The first-order valence-corrected chi connectivity index (χ1v) is 4.56. The highest BCUT2D eigenvalue weighted by molar-refractivity contribution is 5.93. The van der Waals surface area contributed by atoms with Crippen LogP contribution in [0.15, 0.2) is 24.5 Å². The lowest BCUT2D eigenvalue weighted by Gasteiger charge is -2.06. The van der Waals surface area contributed by atoms with Gasteiger partial charge in [0.15, 0.2) is 0 Å². The number of aromatic nitrogens is 1. The fourth-order valence-corrected chi connectivity index (χ4v) is 1.000. The van der Waals surface area contributed by atoms with Gasteiger partial charge in [-0.05, 0) is 25.5 Å². The van der Waals surface area contributed by atoms with Crippen molar-refractivity contribution in [1.29, 1.82) is 0 Å². The molecule has 1 heterocycles. The number of nitrogens with zero attached hydrogens (tertiary/aromatic N) is 1. The fourth-order valence-electron chi connectivity index (χ4n) is 1.000. The van der Waals surface area contributed by atoms with Crippen molar-refractivity contribution in [3.05, 3.63) is 30.1 Å². The lowest BCUT2D eigenvalue weighted by atomic mass is 10.2. The quantitative estimate of drug-likeness (QED) is 0.737. The Kier molecular flexibility index (Phi) is 4.07. The number of rotatable bonds is 4. The summed E-state index contributed by atoms with van der Waals surface area (Å²) in [6.07, 6.45) is 3.33. The average Bonchev–Trinajstić information content (AvgIpc) is 2.18. The maximum absolute atomic E-state index is 11.4. The van der Waals surface area contributed by atoms with Gasteiger partial charge in [-0.25, -0.2) is 0 Å². The van der Waals surface area contributed by atoms with Gasteiger partial charge in [0.05, 0.1) is 6.10 Å². The van der Waals surface area contributed by atoms with E-state index in [0.29, 0.717) is 18.5 Å². The molecule has 1 atom stereocenters. The number of carbonyl (C=O) groups excluding carboxylic acids is 1. The number of carbonyl (C=O) groups is 1.